The van der Waals surface area contributed by atoms with E-state index in [-0.39, 0.29) is 18.4 Å². The Morgan fingerprint density at radius 2 is 1.74 bits per heavy atom. The highest BCUT2D eigenvalue weighted by atomic mass is 35.5. The molecule has 34 heavy (non-hydrogen) atoms. The van der Waals surface area contributed by atoms with Crippen LogP contribution < -0.4 is 10.3 Å². The van der Waals surface area contributed by atoms with Gasteiger partial charge in [0.15, 0.2) is 0 Å². The van der Waals surface area contributed by atoms with Gasteiger partial charge in [0.25, 0.3) is 11.8 Å². The van der Waals surface area contributed by atoms with Crippen molar-refractivity contribution in [2.24, 2.45) is 5.10 Å². The Balaban J connectivity index is 1.32. The third-order valence-electron chi connectivity index (χ3n) is 5.92. The van der Waals surface area contributed by atoms with E-state index in [0.717, 1.165) is 39.1 Å². The van der Waals surface area contributed by atoms with Gasteiger partial charge in [0, 0.05) is 43.6 Å². The summed E-state index contributed by atoms with van der Waals surface area (Å²) in [6, 6.07) is 18.6. The molecule has 4 aromatic rings. The van der Waals surface area contributed by atoms with Gasteiger partial charge < -0.3 is 4.57 Å². The third-order valence-corrected chi connectivity index (χ3v) is 6.36. The van der Waals surface area contributed by atoms with Crippen LogP contribution in [0.4, 0.5) is 5.69 Å². The van der Waals surface area contributed by atoms with E-state index in [1.54, 1.807) is 18.3 Å². The molecule has 2 amide bonds. The number of amides is 2. The van der Waals surface area contributed by atoms with Crippen LogP contribution in [0.3, 0.4) is 0 Å². The number of rotatable bonds is 5. The topological polar surface area (TPSA) is 66.7 Å². The highest BCUT2D eigenvalue weighted by Gasteiger charge is 2.30. The summed E-state index contributed by atoms with van der Waals surface area (Å²) in [7, 11) is 0. The van der Waals surface area contributed by atoms with Crippen molar-refractivity contribution in [3.05, 3.63) is 93.2 Å². The molecule has 1 aromatic heterocycles. The van der Waals surface area contributed by atoms with E-state index in [1.165, 1.54) is 4.90 Å². The minimum Gasteiger partial charge on any atom is -0.318 e. The van der Waals surface area contributed by atoms with Gasteiger partial charge in [-0.25, -0.2) is 5.43 Å². The summed E-state index contributed by atoms with van der Waals surface area (Å²) in [5.41, 5.74) is 7.46. The van der Waals surface area contributed by atoms with E-state index in [4.69, 9.17) is 23.2 Å². The summed E-state index contributed by atoms with van der Waals surface area (Å²) in [6.45, 7) is 3.80. The zero-order valence-electron chi connectivity index (χ0n) is 18.5. The molecule has 1 N–H and O–H groups in total. The molecule has 0 saturated heterocycles. The van der Waals surface area contributed by atoms with Crippen LogP contribution in [-0.4, -0.2) is 29.1 Å². The molecule has 0 atom stereocenters. The normalized spacial score (nSPS) is 12.8. The second-order valence-electron chi connectivity index (χ2n) is 8.15. The number of nitrogens with zero attached hydrogens (tertiary/aromatic N) is 3. The van der Waals surface area contributed by atoms with Gasteiger partial charge in [-0.15, -0.1) is 0 Å². The lowest BCUT2D eigenvalue weighted by Crippen LogP contribution is -2.37. The molecule has 0 fully saturated rings. The van der Waals surface area contributed by atoms with E-state index < -0.39 is 0 Å². The van der Waals surface area contributed by atoms with Crippen LogP contribution in [0.1, 0.15) is 27.3 Å². The fourth-order valence-corrected chi connectivity index (χ4v) is 4.99. The van der Waals surface area contributed by atoms with Crippen molar-refractivity contribution in [3.63, 3.8) is 0 Å². The predicted octanol–water partition coefficient (Wildman–Crippen LogP) is 5.66. The molecule has 1 aliphatic heterocycles. The summed E-state index contributed by atoms with van der Waals surface area (Å²) >= 11 is 12.3. The number of hydrogen-bond donors (Lipinski definition) is 1. The lowest BCUT2D eigenvalue weighted by molar-refractivity contribution is -0.119. The standard InChI is InChI=1S/C26H20Cl2N4O2/c1-15-9-18(16(2)32(15)21-11-19(27)10-20(28)12-21)13-29-30-24(33)14-31-23-8-4-6-17-5-3-7-22(25(17)23)26(31)34/h3-13H,14H2,1-2H3,(H,30,33)/b29-13-. The van der Waals surface area contributed by atoms with Crippen molar-refractivity contribution in [1.82, 2.24) is 9.99 Å². The van der Waals surface area contributed by atoms with Crippen LogP contribution in [0.25, 0.3) is 16.5 Å². The van der Waals surface area contributed by atoms with E-state index in [2.05, 4.69) is 10.5 Å². The van der Waals surface area contributed by atoms with Crippen molar-refractivity contribution in [1.29, 1.82) is 0 Å². The second-order valence-corrected chi connectivity index (χ2v) is 9.03. The fraction of sp³-hybridized carbons (Fsp3) is 0.115. The van der Waals surface area contributed by atoms with Crippen LogP contribution in [0.5, 0.6) is 0 Å². The maximum Gasteiger partial charge on any atom is 0.260 e. The number of nitrogens with one attached hydrogen (secondary N) is 1. The average molecular weight is 491 g/mol. The molecule has 3 aromatic carbocycles. The van der Waals surface area contributed by atoms with Crippen molar-refractivity contribution >= 4 is 57.7 Å². The molecule has 0 aliphatic carbocycles. The number of carbonyl (C=O) groups is 2. The van der Waals surface area contributed by atoms with Crippen molar-refractivity contribution < 1.29 is 9.59 Å². The molecule has 0 bridgehead atoms. The van der Waals surface area contributed by atoms with Gasteiger partial charge in [0.1, 0.15) is 6.54 Å². The van der Waals surface area contributed by atoms with Crippen LogP contribution in [-0.2, 0) is 4.79 Å². The maximum atomic E-state index is 12.9. The quantitative estimate of drug-likeness (QED) is 0.289. The number of anilines is 1. The van der Waals surface area contributed by atoms with Crippen molar-refractivity contribution in [2.75, 3.05) is 11.4 Å². The number of aryl methyl sites for hydroxylation is 1. The van der Waals surface area contributed by atoms with Crippen molar-refractivity contribution in [3.8, 4) is 5.69 Å². The minimum atomic E-state index is -0.384. The fourth-order valence-electron chi connectivity index (χ4n) is 4.47. The third kappa shape index (κ3) is 3.85. The molecule has 170 valence electrons. The molecule has 1 aliphatic rings. The Labute approximate surface area is 206 Å². The molecule has 0 unspecified atom stereocenters. The molecular weight excluding hydrogens is 471 g/mol. The SMILES string of the molecule is Cc1cc(/C=N\NC(=O)CN2C(=O)c3cccc4cccc2c34)c(C)n1-c1cc(Cl)cc(Cl)c1. The lowest BCUT2D eigenvalue weighted by atomic mass is 10.1. The summed E-state index contributed by atoms with van der Waals surface area (Å²) in [6.07, 6.45) is 1.59. The number of aromatic nitrogens is 1. The number of carbonyl (C=O) groups excluding carboxylic acids is 2. The maximum absolute atomic E-state index is 12.9. The van der Waals surface area contributed by atoms with Gasteiger partial charge in [0.2, 0.25) is 0 Å². The Morgan fingerprint density at radius 3 is 2.47 bits per heavy atom. The van der Waals surface area contributed by atoms with Gasteiger partial charge >= 0.3 is 0 Å². The van der Waals surface area contributed by atoms with Crippen LogP contribution in [0.15, 0.2) is 65.8 Å². The largest absolute Gasteiger partial charge is 0.318 e. The summed E-state index contributed by atoms with van der Waals surface area (Å²) < 4.78 is 2.02. The Morgan fingerprint density at radius 1 is 1.03 bits per heavy atom. The monoisotopic (exact) mass is 490 g/mol. The highest BCUT2D eigenvalue weighted by molar-refractivity contribution is 6.34. The molecule has 0 saturated carbocycles. The zero-order chi connectivity index (χ0) is 24.0. The first kappa shape index (κ1) is 22.2. The number of benzene rings is 3. The summed E-state index contributed by atoms with van der Waals surface area (Å²) in [5, 5.41) is 7.07. The van der Waals surface area contributed by atoms with E-state index in [1.807, 2.05) is 66.9 Å². The average Bonchev–Trinajstić information content (AvgIpc) is 3.22. The van der Waals surface area contributed by atoms with Gasteiger partial charge in [-0.1, -0.05) is 47.5 Å². The molecule has 2 heterocycles. The van der Waals surface area contributed by atoms with Gasteiger partial charge in [-0.05, 0) is 55.6 Å². The first-order chi connectivity index (χ1) is 16.3. The molecule has 0 radical (unpaired) electrons. The van der Waals surface area contributed by atoms with Gasteiger partial charge in [-0.2, -0.15) is 5.10 Å². The number of hydrogen-bond acceptors (Lipinski definition) is 3. The molecule has 6 nitrogen and oxygen atoms in total. The first-order valence-corrected chi connectivity index (χ1v) is 11.4. The molecule has 8 heteroatoms. The Kier molecular flexibility index (Phi) is 5.63. The molecule has 0 spiro atoms. The van der Waals surface area contributed by atoms with E-state index >= 15 is 0 Å². The summed E-state index contributed by atoms with van der Waals surface area (Å²) in [5.74, 6) is -0.570. The number of hydrazone groups is 1. The van der Waals surface area contributed by atoms with Crippen LogP contribution >= 0.6 is 23.2 Å². The van der Waals surface area contributed by atoms with Gasteiger partial charge in [0.05, 0.1) is 11.9 Å². The first-order valence-electron chi connectivity index (χ1n) is 10.6. The van der Waals surface area contributed by atoms with E-state index in [9.17, 15) is 9.59 Å². The van der Waals surface area contributed by atoms with Crippen LogP contribution in [0, 0.1) is 13.8 Å². The Bertz CT molecular complexity index is 1480. The smallest absolute Gasteiger partial charge is 0.260 e. The Hall–Kier alpha value is -3.61. The number of halogens is 2. The lowest BCUT2D eigenvalue weighted by Gasteiger charge is -2.16. The predicted molar refractivity (Wildman–Crippen MR) is 137 cm³/mol. The van der Waals surface area contributed by atoms with Gasteiger partial charge in [-0.3, -0.25) is 14.5 Å². The summed E-state index contributed by atoms with van der Waals surface area (Å²) in [4.78, 5) is 27.0. The molecular formula is C26H20Cl2N4O2. The van der Waals surface area contributed by atoms with Crippen LogP contribution in [0.2, 0.25) is 10.0 Å². The molecule has 5 rings (SSSR count). The van der Waals surface area contributed by atoms with E-state index in [0.29, 0.717) is 15.6 Å². The minimum absolute atomic E-state index is 0.121. The van der Waals surface area contributed by atoms with Crippen molar-refractivity contribution in [2.45, 2.75) is 13.8 Å². The highest BCUT2D eigenvalue weighted by Crippen LogP contribution is 2.36. The second kappa shape index (κ2) is 8.63. The zero-order valence-corrected chi connectivity index (χ0v) is 20.0.